The number of epoxide rings is 1. The Morgan fingerprint density at radius 1 is 0.915 bits per heavy atom. The third-order valence-corrected chi connectivity index (χ3v) is 9.21. The summed E-state index contributed by atoms with van der Waals surface area (Å²) in [6.07, 6.45) is -5.37. The molecule has 4 aliphatic rings. The minimum Gasteiger partial charge on any atom is -0.459 e. The second-order valence-corrected chi connectivity index (χ2v) is 12.3. The van der Waals surface area contributed by atoms with Gasteiger partial charge in [0.15, 0.2) is 30.0 Å². The molecule has 16 nitrogen and oxygen atoms in total. The number of carbonyl (C=O) groups excluding carboxylic acids is 6. The molecule has 2 aliphatic carbocycles. The second-order valence-electron chi connectivity index (χ2n) is 12.3. The molecule has 4 rings (SSSR count). The standard InChI is InChI=1S/C31H40O16/c1-14-28(38)47-21-10-19(12-40-7)8-9-20(46-22(37)11-32)29(6)24(27(31(14,21)39)45-18(5)36)30(13-41-30)26(44-17(4)35)23(42-15(2)33)25(29)43-16(3)34/h8-10,14,20-21,23-27,32,39H,11-13H2,1-7H3/b9-8-,19-10-/t14-,20-,21-,23+,24+,25-,26+,27-,29+,30-,31-/m0/s1. The van der Waals surface area contributed by atoms with Crippen LogP contribution in [0.1, 0.15) is 41.5 Å². The molecular weight excluding hydrogens is 628 g/mol. The first-order chi connectivity index (χ1) is 22.0. The van der Waals surface area contributed by atoms with Crippen LogP contribution in [0.2, 0.25) is 0 Å². The number of hydrogen-bond donors (Lipinski definition) is 2. The fourth-order valence-corrected chi connectivity index (χ4v) is 7.27. The normalized spacial score (nSPS) is 40.7. The summed E-state index contributed by atoms with van der Waals surface area (Å²) < 4.78 is 45.8. The second kappa shape index (κ2) is 13.3. The molecule has 3 fully saturated rings. The van der Waals surface area contributed by atoms with Crippen LogP contribution < -0.4 is 0 Å². The number of carbonyl (C=O) groups is 6. The van der Waals surface area contributed by atoms with Gasteiger partial charge in [-0.2, -0.15) is 0 Å². The van der Waals surface area contributed by atoms with Crippen molar-refractivity contribution in [2.45, 2.75) is 89.4 Å². The zero-order valence-electron chi connectivity index (χ0n) is 27.1. The minimum absolute atomic E-state index is 0.0981. The van der Waals surface area contributed by atoms with Gasteiger partial charge in [0.2, 0.25) is 0 Å². The van der Waals surface area contributed by atoms with Crippen LogP contribution in [0.5, 0.6) is 0 Å². The molecule has 0 bridgehead atoms. The van der Waals surface area contributed by atoms with Gasteiger partial charge in [-0.1, -0.05) is 13.0 Å². The molecule has 11 atom stereocenters. The molecule has 260 valence electrons. The molecule has 2 aliphatic heterocycles. The van der Waals surface area contributed by atoms with Gasteiger partial charge in [-0.15, -0.1) is 0 Å². The zero-order chi connectivity index (χ0) is 35.1. The first kappa shape index (κ1) is 36.0. The number of methoxy groups -OCH3 is 1. The highest BCUT2D eigenvalue weighted by molar-refractivity contribution is 5.78. The van der Waals surface area contributed by atoms with E-state index < -0.39 is 107 Å². The summed E-state index contributed by atoms with van der Waals surface area (Å²) in [6.45, 7) is 5.67. The topological polar surface area (TPSA) is 220 Å². The molecule has 0 aromatic rings. The molecule has 47 heavy (non-hydrogen) atoms. The molecule has 0 radical (unpaired) electrons. The Labute approximate surface area is 270 Å². The van der Waals surface area contributed by atoms with Crippen LogP contribution in [0.3, 0.4) is 0 Å². The molecule has 0 aromatic heterocycles. The Bertz CT molecular complexity index is 1360. The summed E-state index contributed by atoms with van der Waals surface area (Å²) >= 11 is 0. The van der Waals surface area contributed by atoms with Gasteiger partial charge in [-0.3, -0.25) is 24.0 Å². The van der Waals surface area contributed by atoms with Crippen molar-refractivity contribution in [1.29, 1.82) is 0 Å². The molecule has 2 heterocycles. The Morgan fingerprint density at radius 2 is 1.47 bits per heavy atom. The van der Waals surface area contributed by atoms with E-state index in [0.717, 1.165) is 27.7 Å². The molecule has 16 heteroatoms. The van der Waals surface area contributed by atoms with Crippen LogP contribution in [0, 0.1) is 17.3 Å². The van der Waals surface area contributed by atoms with E-state index >= 15 is 0 Å². The fraction of sp³-hybridized carbons (Fsp3) is 0.677. The fourth-order valence-electron chi connectivity index (χ4n) is 7.27. The average Bonchev–Trinajstić information content (AvgIpc) is 3.73. The highest BCUT2D eigenvalue weighted by Gasteiger charge is 2.81. The lowest BCUT2D eigenvalue weighted by Gasteiger charge is -2.59. The van der Waals surface area contributed by atoms with E-state index in [2.05, 4.69) is 0 Å². The van der Waals surface area contributed by atoms with Gasteiger partial charge in [0.1, 0.15) is 24.4 Å². The first-order valence-corrected chi connectivity index (χ1v) is 14.9. The Kier molecular flexibility index (Phi) is 10.2. The maximum absolute atomic E-state index is 13.2. The SMILES string of the molecule is COCC1=C\[C@@H]2OC(=O)[C@H](C)[C@@]2(O)[C@@H](OC(C)=O)[C@H]2[C@@]3(CO3)[C@H](OC(C)=O)[C@H](OC(C)=O)[C@H](OC(C)=O)[C@]2(C)[C@@H](OC(=O)CO)/C=C\1. The lowest BCUT2D eigenvalue weighted by Crippen LogP contribution is -2.76. The monoisotopic (exact) mass is 668 g/mol. The summed E-state index contributed by atoms with van der Waals surface area (Å²) in [5.41, 5.74) is -5.74. The van der Waals surface area contributed by atoms with Crippen molar-refractivity contribution in [3.05, 3.63) is 23.8 Å². The van der Waals surface area contributed by atoms with E-state index in [1.807, 2.05) is 0 Å². The summed E-state index contributed by atoms with van der Waals surface area (Å²) in [7, 11) is 1.39. The number of hydrogen-bond acceptors (Lipinski definition) is 16. The van der Waals surface area contributed by atoms with Crippen molar-refractivity contribution >= 4 is 35.8 Å². The van der Waals surface area contributed by atoms with Crippen LogP contribution in [-0.2, 0) is 66.7 Å². The Hall–Kier alpha value is -3.86. The van der Waals surface area contributed by atoms with Crippen LogP contribution in [0.15, 0.2) is 23.8 Å². The maximum Gasteiger partial charge on any atom is 0.332 e. The summed E-state index contributed by atoms with van der Waals surface area (Å²) in [5.74, 6) is -8.33. The summed E-state index contributed by atoms with van der Waals surface area (Å²) in [6, 6.07) is 0. The third-order valence-electron chi connectivity index (χ3n) is 9.21. The largest absolute Gasteiger partial charge is 0.459 e. The predicted octanol–water partition coefficient (Wildman–Crippen LogP) is -0.542. The van der Waals surface area contributed by atoms with E-state index in [1.165, 1.54) is 39.2 Å². The quantitative estimate of drug-likeness (QED) is 0.188. The number of aliphatic hydroxyl groups is 2. The lowest BCUT2D eigenvalue weighted by molar-refractivity contribution is -0.279. The van der Waals surface area contributed by atoms with Gasteiger partial charge in [-0.05, 0) is 24.6 Å². The third kappa shape index (κ3) is 6.38. The Balaban J connectivity index is 2.17. The molecular formula is C31H40O16. The van der Waals surface area contributed by atoms with E-state index in [9.17, 15) is 39.0 Å². The van der Waals surface area contributed by atoms with E-state index in [-0.39, 0.29) is 13.2 Å². The number of ether oxygens (including phenoxy) is 8. The number of esters is 6. The molecule has 0 aromatic carbocycles. The van der Waals surface area contributed by atoms with Gasteiger partial charge in [-0.25, -0.2) is 4.79 Å². The molecule has 0 amide bonds. The maximum atomic E-state index is 13.2. The highest BCUT2D eigenvalue weighted by atomic mass is 16.7. The molecule has 0 unspecified atom stereocenters. The zero-order valence-corrected chi connectivity index (χ0v) is 27.1. The first-order valence-electron chi connectivity index (χ1n) is 14.9. The number of rotatable bonds is 8. The average molecular weight is 669 g/mol. The van der Waals surface area contributed by atoms with Crippen LogP contribution in [0.25, 0.3) is 0 Å². The predicted molar refractivity (Wildman–Crippen MR) is 153 cm³/mol. The lowest BCUT2D eigenvalue weighted by atomic mass is 9.51. The molecule has 2 saturated heterocycles. The number of aliphatic hydroxyl groups excluding tert-OH is 1. The minimum atomic E-state index is -2.38. The summed E-state index contributed by atoms with van der Waals surface area (Å²) in [5, 5.41) is 22.4. The van der Waals surface area contributed by atoms with E-state index in [4.69, 9.17) is 37.9 Å². The molecule has 1 spiro atoms. The van der Waals surface area contributed by atoms with E-state index in [1.54, 1.807) is 0 Å². The van der Waals surface area contributed by atoms with Gasteiger partial charge in [0, 0.05) is 40.7 Å². The Morgan fingerprint density at radius 3 is 1.98 bits per heavy atom. The van der Waals surface area contributed by atoms with Gasteiger partial charge >= 0.3 is 35.8 Å². The van der Waals surface area contributed by atoms with Crippen molar-refractivity contribution in [1.82, 2.24) is 0 Å². The van der Waals surface area contributed by atoms with Crippen molar-refractivity contribution in [3.8, 4) is 0 Å². The van der Waals surface area contributed by atoms with Crippen molar-refractivity contribution in [2.75, 3.05) is 26.9 Å². The summed E-state index contributed by atoms with van der Waals surface area (Å²) in [4.78, 5) is 76.7. The van der Waals surface area contributed by atoms with Crippen LogP contribution in [0.4, 0.5) is 0 Å². The molecule has 1 saturated carbocycles. The molecule has 2 N–H and O–H groups in total. The van der Waals surface area contributed by atoms with Gasteiger partial charge < -0.3 is 48.1 Å². The van der Waals surface area contributed by atoms with E-state index in [0.29, 0.717) is 5.57 Å². The van der Waals surface area contributed by atoms with Crippen molar-refractivity contribution in [2.24, 2.45) is 17.3 Å². The highest BCUT2D eigenvalue weighted by Crippen LogP contribution is 2.63. The van der Waals surface area contributed by atoms with Crippen molar-refractivity contribution < 1.29 is 76.9 Å². The van der Waals surface area contributed by atoms with Crippen LogP contribution in [-0.4, -0.2) is 121 Å². The van der Waals surface area contributed by atoms with Gasteiger partial charge in [0.25, 0.3) is 0 Å². The smallest absolute Gasteiger partial charge is 0.332 e. The number of fused-ring (bicyclic) bond motifs is 3. The van der Waals surface area contributed by atoms with Gasteiger partial charge in [0.05, 0.1) is 24.5 Å². The van der Waals surface area contributed by atoms with Crippen molar-refractivity contribution in [3.63, 3.8) is 0 Å². The van der Waals surface area contributed by atoms with Crippen LogP contribution >= 0.6 is 0 Å².